The molecule has 2 heteroatoms. The van der Waals surface area contributed by atoms with E-state index < -0.39 is 0 Å². The van der Waals surface area contributed by atoms with Crippen LogP contribution in [0.5, 0.6) is 0 Å². The molecule has 2 aromatic heterocycles. The van der Waals surface area contributed by atoms with Crippen LogP contribution in [0, 0.1) is 0 Å². The third-order valence-electron chi connectivity index (χ3n) is 8.01. The van der Waals surface area contributed by atoms with Crippen LogP contribution in [0.1, 0.15) is 0 Å². The Kier molecular flexibility index (Phi) is 4.18. The summed E-state index contributed by atoms with van der Waals surface area (Å²) in [5.74, 6) is 0. The Morgan fingerprint density at radius 3 is 1.76 bits per heavy atom. The highest BCUT2D eigenvalue weighted by atomic mass is 32.1. The number of benzene rings is 7. The van der Waals surface area contributed by atoms with Crippen LogP contribution in [-0.2, 0) is 0 Å². The molecule has 0 N–H and O–H groups in total. The van der Waals surface area contributed by atoms with Crippen molar-refractivity contribution in [2.75, 3.05) is 0 Å². The molecular formula is C36H20S2. The van der Waals surface area contributed by atoms with Crippen LogP contribution >= 0.6 is 22.7 Å². The standard InChI is InChI=1S/C36H20S2/c1-3-9-25-21(7-1)17-22-8-2-4-10-26(22)35(25)24-14-15-32-29(19-24)30-18-23-13-16-33-36(28(23)20-34(30)38-32)27-11-5-6-12-31(27)37-33/h1-20H. The van der Waals surface area contributed by atoms with Crippen molar-refractivity contribution in [1.29, 1.82) is 0 Å². The number of rotatable bonds is 1. The van der Waals surface area contributed by atoms with Crippen LogP contribution in [0.15, 0.2) is 121 Å². The topological polar surface area (TPSA) is 0 Å². The summed E-state index contributed by atoms with van der Waals surface area (Å²) in [4.78, 5) is 0. The maximum Gasteiger partial charge on any atom is 0.0362 e. The summed E-state index contributed by atoms with van der Waals surface area (Å²) in [5.41, 5.74) is 2.61. The Balaban J connectivity index is 1.36. The minimum atomic E-state index is 1.28. The second kappa shape index (κ2) is 7.64. The van der Waals surface area contributed by atoms with Gasteiger partial charge in [0.05, 0.1) is 0 Å². The van der Waals surface area contributed by atoms with Gasteiger partial charge < -0.3 is 0 Å². The van der Waals surface area contributed by atoms with Gasteiger partial charge >= 0.3 is 0 Å². The highest BCUT2D eigenvalue weighted by Crippen LogP contribution is 2.44. The summed E-state index contributed by atoms with van der Waals surface area (Å²) in [6.07, 6.45) is 0. The molecule has 0 fully saturated rings. The SMILES string of the molecule is c1ccc2c(-c3ccc4sc5cc6c(ccc7sc8ccccc8c76)cc5c4c3)c3ccccc3cc2c1. The Morgan fingerprint density at radius 2 is 0.947 bits per heavy atom. The van der Waals surface area contributed by atoms with Gasteiger partial charge in [0.2, 0.25) is 0 Å². The second-order valence-electron chi connectivity index (χ2n) is 10.1. The summed E-state index contributed by atoms with van der Waals surface area (Å²) in [5, 5.41) is 13.3. The van der Waals surface area contributed by atoms with Gasteiger partial charge in [-0.1, -0.05) is 78.9 Å². The van der Waals surface area contributed by atoms with Crippen molar-refractivity contribution in [2.24, 2.45) is 0 Å². The van der Waals surface area contributed by atoms with Crippen molar-refractivity contribution in [3.05, 3.63) is 121 Å². The van der Waals surface area contributed by atoms with E-state index in [-0.39, 0.29) is 0 Å². The van der Waals surface area contributed by atoms with Gasteiger partial charge in [0, 0.05) is 40.3 Å². The molecule has 7 aromatic carbocycles. The average Bonchev–Trinajstić information content (AvgIpc) is 3.52. The lowest BCUT2D eigenvalue weighted by atomic mass is 9.91. The molecule has 0 spiro atoms. The van der Waals surface area contributed by atoms with E-state index >= 15 is 0 Å². The number of fused-ring (bicyclic) bond motifs is 10. The molecule has 0 saturated carbocycles. The fourth-order valence-corrected chi connectivity index (χ4v) is 8.53. The van der Waals surface area contributed by atoms with Gasteiger partial charge in [-0.2, -0.15) is 0 Å². The lowest BCUT2D eigenvalue weighted by molar-refractivity contribution is 1.72. The van der Waals surface area contributed by atoms with E-state index in [0.29, 0.717) is 0 Å². The van der Waals surface area contributed by atoms with E-state index in [1.807, 2.05) is 22.7 Å². The molecule has 9 aromatic rings. The smallest absolute Gasteiger partial charge is 0.0362 e. The van der Waals surface area contributed by atoms with Crippen LogP contribution < -0.4 is 0 Å². The molecule has 9 rings (SSSR count). The lowest BCUT2D eigenvalue weighted by Crippen LogP contribution is -1.85. The van der Waals surface area contributed by atoms with E-state index in [1.54, 1.807) is 0 Å². The summed E-state index contributed by atoms with van der Waals surface area (Å²) in [7, 11) is 0. The molecule has 0 unspecified atom stereocenters. The lowest BCUT2D eigenvalue weighted by Gasteiger charge is -2.12. The molecule has 0 saturated heterocycles. The number of hydrogen-bond acceptors (Lipinski definition) is 2. The highest BCUT2D eigenvalue weighted by Gasteiger charge is 2.15. The fourth-order valence-electron chi connectivity index (χ4n) is 6.30. The Morgan fingerprint density at radius 1 is 0.342 bits per heavy atom. The Bertz CT molecular complexity index is 2350. The van der Waals surface area contributed by atoms with Crippen molar-refractivity contribution < 1.29 is 0 Å². The van der Waals surface area contributed by atoms with Gasteiger partial charge in [-0.25, -0.2) is 0 Å². The average molecular weight is 517 g/mol. The molecule has 0 amide bonds. The van der Waals surface area contributed by atoms with Gasteiger partial charge in [-0.05, 0) is 85.9 Å². The first-order valence-corrected chi connectivity index (χ1v) is 14.6. The maximum absolute atomic E-state index is 2.43. The van der Waals surface area contributed by atoms with Crippen LogP contribution in [-0.4, -0.2) is 0 Å². The summed E-state index contributed by atoms with van der Waals surface area (Å²) < 4.78 is 5.42. The van der Waals surface area contributed by atoms with Crippen LogP contribution in [0.2, 0.25) is 0 Å². The molecule has 0 aliphatic carbocycles. The largest absolute Gasteiger partial charge is 0.135 e. The number of hydrogen-bond donors (Lipinski definition) is 0. The maximum atomic E-state index is 2.43. The van der Waals surface area contributed by atoms with Crippen molar-refractivity contribution >= 4 is 95.3 Å². The summed E-state index contributed by atoms with van der Waals surface area (Å²) in [6, 6.07) is 45.2. The first-order chi connectivity index (χ1) is 18.8. The quantitative estimate of drug-likeness (QED) is 0.190. The highest BCUT2D eigenvalue weighted by molar-refractivity contribution is 7.26. The zero-order chi connectivity index (χ0) is 24.8. The first-order valence-electron chi connectivity index (χ1n) is 12.9. The monoisotopic (exact) mass is 516 g/mol. The third-order valence-corrected chi connectivity index (χ3v) is 10.3. The van der Waals surface area contributed by atoms with E-state index in [9.17, 15) is 0 Å². The zero-order valence-electron chi connectivity index (χ0n) is 20.4. The second-order valence-corrected chi connectivity index (χ2v) is 12.3. The van der Waals surface area contributed by atoms with Crippen LogP contribution in [0.3, 0.4) is 0 Å². The van der Waals surface area contributed by atoms with Gasteiger partial charge in [-0.15, -0.1) is 22.7 Å². The minimum absolute atomic E-state index is 1.28. The van der Waals surface area contributed by atoms with Crippen molar-refractivity contribution in [1.82, 2.24) is 0 Å². The summed E-state index contributed by atoms with van der Waals surface area (Å²) in [6.45, 7) is 0. The van der Waals surface area contributed by atoms with E-state index in [0.717, 1.165) is 0 Å². The molecule has 0 radical (unpaired) electrons. The van der Waals surface area contributed by atoms with Gasteiger partial charge in [0.1, 0.15) is 0 Å². The van der Waals surface area contributed by atoms with Crippen molar-refractivity contribution in [3.8, 4) is 11.1 Å². The molecule has 2 heterocycles. The predicted octanol–water partition coefficient (Wildman–Crippen LogP) is 11.5. The molecule has 0 aliphatic heterocycles. The molecule has 0 atom stereocenters. The third kappa shape index (κ3) is 2.85. The first kappa shape index (κ1) is 20.8. The summed E-state index contributed by atoms with van der Waals surface area (Å²) >= 11 is 3.80. The van der Waals surface area contributed by atoms with Gasteiger partial charge in [0.15, 0.2) is 0 Å². The molecular weight excluding hydrogens is 497 g/mol. The molecule has 0 bridgehead atoms. The van der Waals surface area contributed by atoms with E-state index in [4.69, 9.17) is 0 Å². The van der Waals surface area contributed by atoms with Crippen LogP contribution in [0.25, 0.3) is 83.8 Å². The predicted molar refractivity (Wildman–Crippen MR) is 170 cm³/mol. The van der Waals surface area contributed by atoms with Crippen molar-refractivity contribution in [3.63, 3.8) is 0 Å². The normalized spacial score (nSPS) is 12.2. The van der Waals surface area contributed by atoms with E-state index in [2.05, 4.69) is 121 Å². The Labute approximate surface area is 227 Å². The molecule has 0 nitrogen and oxygen atoms in total. The van der Waals surface area contributed by atoms with E-state index in [1.165, 1.54) is 83.8 Å². The van der Waals surface area contributed by atoms with Crippen molar-refractivity contribution in [2.45, 2.75) is 0 Å². The molecule has 38 heavy (non-hydrogen) atoms. The van der Waals surface area contributed by atoms with Crippen LogP contribution in [0.4, 0.5) is 0 Å². The Hall–Kier alpha value is -4.24. The molecule has 176 valence electrons. The molecule has 0 aliphatic rings. The minimum Gasteiger partial charge on any atom is -0.135 e. The number of thiophene rings is 2. The fraction of sp³-hybridized carbons (Fsp3) is 0. The van der Waals surface area contributed by atoms with Gasteiger partial charge in [0.25, 0.3) is 0 Å². The van der Waals surface area contributed by atoms with Gasteiger partial charge in [-0.3, -0.25) is 0 Å². The zero-order valence-corrected chi connectivity index (χ0v) is 22.0.